The number of hydrogen-bond acceptors (Lipinski definition) is 6. The molecular weight excluding hydrogens is 367 g/mol. The average Bonchev–Trinajstić information content (AvgIpc) is 2.99. The largest absolute Gasteiger partial charge is 1.00 e. The molecule has 0 aliphatic carbocycles. The summed E-state index contributed by atoms with van der Waals surface area (Å²) in [5.41, 5.74) is 2.20. The Morgan fingerprint density at radius 2 is 2.12 bits per heavy atom. The predicted molar refractivity (Wildman–Crippen MR) is 94.8 cm³/mol. The molecule has 1 N–H and O–H groups in total. The van der Waals surface area contributed by atoms with E-state index in [1.165, 1.54) is 0 Å². The Kier molecular flexibility index (Phi) is 7.36. The molecule has 0 aliphatic rings. The van der Waals surface area contributed by atoms with Gasteiger partial charge in [-0.3, -0.25) is 9.54 Å². The van der Waals surface area contributed by atoms with E-state index in [9.17, 15) is 8.42 Å². The van der Waals surface area contributed by atoms with Crippen LogP contribution in [0.25, 0.3) is 23.3 Å². The number of pyridine rings is 1. The monoisotopic (exact) mass is 384 g/mol. The van der Waals surface area contributed by atoms with Gasteiger partial charge in [0, 0.05) is 24.5 Å². The van der Waals surface area contributed by atoms with Crippen molar-refractivity contribution in [3.8, 4) is 5.75 Å². The molecule has 2 heterocycles. The standard InChI is InChI=1S/C17H16N2O5S.Na.H/c20-25(21,22)10-2-9-23-14-5-6-15-16(11-14)24-17(19-15)7-4-13-3-1-8-18-12-13;;/h1,3-8,11-12H,2,9-10H2,(H,20,21,22);;/q;+1;-1/b7-4+;;. The molecule has 1 aromatic carbocycles. The molecule has 0 fully saturated rings. The van der Waals surface area contributed by atoms with Crippen molar-refractivity contribution in [3.05, 3.63) is 54.2 Å². The van der Waals surface area contributed by atoms with Crippen LogP contribution in [0.3, 0.4) is 0 Å². The SMILES string of the molecule is O=S(=O)(O)CCCOc1ccc2nc(/C=C/c3cccnc3)oc2c1.[H-].[Na+]. The van der Waals surface area contributed by atoms with Gasteiger partial charge < -0.3 is 10.6 Å². The third-order valence-corrected chi connectivity index (χ3v) is 4.10. The van der Waals surface area contributed by atoms with E-state index in [1.807, 2.05) is 18.2 Å². The summed E-state index contributed by atoms with van der Waals surface area (Å²) < 4.78 is 41.1. The fourth-order valence-corrected chi connectivity index (χ4v) is 2.64. The zero-order valence-electron chi connectivity index (χ0n) is 15.2. The van der Waals surface area contributed by atoms with Gasteiger partial charge in [-0.25, -0.2) is 4.98 Å². The van der Waals surface area contributed by atoms with Gasteiger partial charge in [0.2, 0.25) is 5.89 Å². The molecule has 0 spiro atoms. The first-order chi connectivity index (χ1) is 12.0. The molecular formula is C17H17N2NaO5S. The first-order valence-electron chi connectivity index (χ1n) is 7.56. The van der Waals surface area contributed by atoms with Crippen molar-refractivity contribution >= 4 is 33.4 Å². The number of oxazole rings is 1. The molecule has 0 aliphatic heterocycles. The van der Waals surface area contributed by atoms with E-state index in [2.05, 4.69) is 9.97 Å². The molecule has 132 valence electrons. The Labute approximate surface area is 174 Å². The van der Waals surface area contributed by atoms with Crippen LogP contribution in [0.1, 0.15) is 19.3 Å². The second-order valence-electron chi connectivity index (χ2n) is 5.29. The van der Waals surface area contributed by atoms with E-state index in [4.69, 9.17) is 13.7 Å². The molecule has 0 radical (unpaired) electrons. The summed E-state index contributed by atoms with van der Waals surface area (Å²) in [6.45, 7) is 0.174. The maximum atomic E-state index is 10.7. The van der Waals surface area contributed by atoms with Gasteiger partial charge in [0.05, 0.1) is 12.4 Å². The van der Waals surface area contributed by atoms with Gasteiger partial charge in [0.1, 0.15) is 11.3 Å². The zero-order chi connectivity index (χ0) is 17.7. The van der Waals surface area contributed by atoms with Gasteiger partial charge in [0.25, 0.3) is 10.1 Å². The van der Waals surface area contributed by atoms with Crippen LogP contribution in [0, 0.1) is 0 Å². The van der Waals surface area contributed by atoms with Gasteiger partial charge in [-0.15, -0.1) is 0 Å². The summed E-state index contributed by atoms with van der Waals surface area (Å²) in [6.07, 6.45) is 7.24. The van der Waals surface area contributed by atoms with Crippen LogP contribution in [0.4, 0.5) is 0 Å². The normalized spacial score (nSPS) is 11.6. The van der Waals surface area contributed by atoms with Crippen LogP contribution in [0.15, 0.2) is 47.1 Å². The molecule has 0 saturated carbocycles. The maximum absolute atomic E-state index is 10.7. The molecule has 0 saturated heterocycles. The van der Waals surface area contributed by atoms with Crippen molar-refractivity contribution in [2.24, 2.45) is 0 Å². The Bertz CT molecular complexity index is 993. The van der Waals surface area contributed by atoms with Crippen LogP contribution >= 0.6 is 0 Å². The maximum Gasteiger partial charge on any atom is 1.00 e. The molecule has 26 heavy (non-hydrogen) atoms. The van der Waals surface area contributed by atoms with E-state index in [-0.39, 0.29) is 49.8 Å². The van der Waals surface area contributed by atoms with Crippen LogP contribution in [0.5, 0.6) is 5.75 Å². The molecule has 3 rings (SSSR count). The van der Waals surface area contributed by atoms with Crippen molar-refractivity contribution in [3.63, 3.8) is 0 Å². The van der Waals surface area contributed by atoms with Crippen molar-refractivity contribution in [2.45, 2.75) is 6.42 Å². The summed E-state index contributed by atoms with van der Waals surface area (Å²) >= 11 is 0. The van der Waals surface area contributed by atoms with Crippen molar-refractivity contribution in [2.75, 3.05) is 12.4 Å². The summed E-state index contributed by atoms with van der Waals surface area (Å²) in [6, 6.07) is 8.95. The third kappa shape index (κ3) is 6.22. The summed E-state index contributed by atoms with van der Waals surface area (Å²) in [5, 5.41) is 0. The van der Waals surface area contributed by atoms with E-state index in [1.54, 1.807) is 36.7 Å². The smallest absolute Gasteiger partial charge is 1.00 e. The number of nitrogens with zero attached hydrogens (tertiary/aromatic N) is 2. The molecule has 9 heteroatoms. The van der Waals surface area contributed by atoms with Crippen LogP contribution in [0.2, 0.25) is 0 Å². The van der Waals surface area contributed by atoms with E-state index < -0.39 is 10.1 Å². The fourth-order valence-electron chi connectivity index (χ4n) is 2.16. The van der Waals surface area contributed by atoms with E-state index >= 15 is 0 Å². The summed E-state index contributed by atoms with van der Waals surface area (Å²) in [5.74, 6) is 0.671. The minimum Gasteiger partial charge on any atom is -1.00 e. The number of benzene rings is 1. The van der Waals surface area contributed by atoms with Crippen LogP contribution in [-0.2, 0) is 10.1 Å². The number of hydrogen-bond donors (Lipinski definition) is 1. The minimum atomic E-state index is -3.96. The Morgan fingerprint density at radius 3 is 2.85 bits per heavy atom. The topological polar surface area (TPSA) is 103 Å². The Morgan fingerprint density at radius 1 is 1.27 bits per heavy atom. The molecule has 0 amide bonds. The van der Waals surface area contributed by atoms with Crippen LogP contribution in [-0.4, -0.2) is 35.3 Å². The predicted octanol–water partition coefficient (Wildman–Crippen LogP) is 0.166. The molecule has 0 atom stereocenters. The fraction of sp³-hybridized carbons (Fsp3) is 0.176. The van der Waals surface area contributed by atoms with Gasteiger partial charge in [-0.1, -0.05) is 6.07 Å². The average molecular weight is 384 g/mol. The molecule has 0 unspecified atom stereocenters. The quantitative estimate of drug-likeness (QED) is 0.352. The second kappa shape index (κ2) is 9.29. The van der Waals surface area contributed by atoms with E-state index in [0.29, 0.717) is 22.7 Å². The Hall–Kier alpha value is -1.71. The third-order valence-electron chi connectivity index (χ3n) is 3.29. The van der Waals surface area contributed by atoms with Crippen molar-refractivity contribution in [1.82, 2.24) is 9.97 Å². The molecule has 2 aromatic heterocycles. The first-order valence-corrected chi connectivity index (χ1v) is 9.17. The number of aromatic nitrogens is 2. The van der Waals surface area contributed by atoms with Crippen molar-refractivity contribution in [1.29, 1.82) is 0 Å². The Balaban J connectivity index is 0.00000182. The number of rotatable bonds is 7. The molecule has 0 bridgehead atoms. The van der Waals surface area contributed by atoms with Gasteiger partial charge in [0.15, 0.2) is 5.58 Å². The summed E-state index contributed by atoms with van der Waals surface area (Å²) in [7, 11) is -3.96. The van der Waals surface area contributed by atoms with Gasteiger partial charge in [-0.2, -0.15) is 8.42 Å². The zero-order valence-corrected chi connectivity index (χ0v) is 17.0. The first kappa shape index (κ1) is 20.6. The van der Waals surface area contributed by atoms with Gasteiger partial charge >= 0.3 is 29.6 Å². The number of ether oxygens (including phenoxy) is 1. The summed E-state index contributed by atoms with van der Waals surface area (Å²) in [4.78, 5) is 8.39. The van der Waals surface area contributed by atoms with Gasteiger partial charge in [-0.05, 0) is 36.3 Å². The van der Waals surface area contributed by atoms with Crippen molar-refractivity contribution < 1.29 is 53.1 Å². The van der Waals surface area contributed by atoms with E-state index in [0.717, 1.165) is 5.56 Å². The minimum absolute atomic E-state index is 0. The second-order valence-corrected chi connectivity index (χ2v) is 6.86. The number of fused-ring (bicyclic) bond motifs is 1. The van der Waals surface area contributed by atoms with Crippen LogP contribution < -0.4 is 34.3 Å². The molecule has 3 aromatic rings. The molecule has 7 nitrogen and oxygen atoms in total.